The fourth-order valence-corrected chi connectivity index (χ4v) is 1.34. The molecule has 13 heavy (non-hydrogen) atoms. The van der Waals surface area contributed by atoms with Gasteiger partial charge in [0, 0.05) is 0 Å². The van der Waals surface area contributed by atoms with Gasteiger partial charge in [0.05, 0.1) is 13.2 Å². The molecule has 0 radical (unpaired) electrons. The smallest absolute Gasteiger partial charge is 0.122 e. The highest BCUT2D eigenvalue weighted by atomic mass is 16.5. The average Bonchev–Trinajstić information content (AvgIpc) is 2.14. The summed E-state index contributed by atoms with van der Waals surface area (Å²) in [6, 6.07) is 3.82. The fourth-order valence-electron chi connectivity index (χ4n) is 1.34. The van der Waals surface area contributed by atoms with E-state index in [0.717, 1.165) is 22.4 Å². The highest BCUT2D eigenvalue weighted by molar-refractivity contribution is 5.43. The normalized spacial score (nSPS) is 10.2. The minimum Gasteiger partial charge on any atom is -0.494 e. The van der Waals surface area contributed by atoms with Gasteiger partial charge in [-0.05, 0) is 43.5 Å². The maximum Gasteiger partial charge on any atom is 0.122 e. The molecule has 2 nitrogen and oxygen atoms in total. The number of aliphatic hydroxyl groups excluding tert-OH is 1. The first-order chi connectivity index (χ1) is 6.20. The zero-order valence-corrected chi connectivity index (χ0v) is 8.42. The zero-order valence-electron chi connectivity index (χ0n) is 8.42. The van der Waals surface area contributed by atoms with Crippen LogP contribution < -0.4 is 4.74 Å². The molecule has 1 N–H and O–H groups in total. The van der Waals surface area contributed by atoms with Crippen LogP contribution in [0.25, 0.3) is 0 Å². The number of hydrogen-bond donors (Lipinski definition) is 1. The summed E-state index contributed by atoms with van der Waals surface area (Å²) in [6.45, 7) is 6.76. The van der Waals surface area contributed by atoms with Gasteiger partial charge in [-0.2, -0.15) is 0 Å². The van der Waals surface area contributed by atoms with Crippen LogP contribution in [-0.2, 0) is 6.61 Å². The second-order valence-corrected chi connectivity index (χ2v) is 3.06. The molecular formula is C11H16O2. The van der Waals surface area contributed by atoms with E-state index in [9.17, 15) is 0 Å². The predicted octanol–water partition coefficient (Wildman–Crippen LogP) is 2.19. The molecule has 0 fully saturated rings. The lowest BCUT2D eigenvalue weighted by molar-refractivity contribution is 0.280. The van der Waals surface area contributed by atoms with Crippen LogP contribution in [0.4, 0.5) is 0 Å². The SMILES string of the molecule is CCOc1ccc(CO)c(C)c1C. The summed E-state index contributed by atoms with van der Waals surface area (Å²) in [5, 5.41) is 9.02. The standard InChI is InChI=1S/C11H16O2/c1-4-13-11-6-5-10(7-12)8(2)9(11)3/h5-6,12H,4,7H2,1-3H3. The molecule has 1 aromatic rings. The lowest BCUT2D eigenvalue weighted by Crippen LogP contribution is -1.98. The number of aliphatic hydroxyl groups is 1. The van der Waals surface area contributed by atoms with Gasteiger partial charge in [0.15, 0.2) is 0 Å². The second kappa shape index (κ2) is 4.28. The molecule has 0 bridgehead atoms. The van der Waals surface area contributed by atoms with Crippen LogP contribution in [0.3, 0.4) is 0 Å². The summed E-state index contributed by atoms with van der Waals surface area (Å²) in [5.41, 5.74) is 3.21. The molecule has 0 amide bonds. The molecule has 0 atom stereocenters. The minimum atomic E-state index is 0.0963. The van der Waals surface area contributed by atoms with Crippen LogP contribution in [0.15, 0.2) is 12.1 Å². The van der Waals surface area contributed by atoms with E-state index in [2.05, 4.69) is 0 Å². The molecule has 0 aromatic heterocycles. The van der Waals surface area contributed by atoms with Crippen LogP contribution in [0, 0.1) is 13.8 Å². The van der Waals surface area contributed by atoms with Crippen LogP contribution >= 0.6 is 0 Å². The van der Waals surface area contributed by atoms with Gasteiger partial charge in [0.25, 0.3) is 0 Å². The molecule has 1 aromatic carbocycles. The van der Waals surface area contributed by atoms with E-state index in [-0.39, 0.29) is 6.61 Å². The lowest BCUT2D eigenvalue weighted by Gasteiger charge is -2.11. The van der Waals surface area contributed by atoms with E-state index >= 15 is 0 Å². The van der Waals surface area contributed by atoms with Gasteiger partial charge in [-0.3, -0.25) is 0 Å². The predicted molar refractivity (Wildman–Crippen MR) is 53.0 cm³/mol. The van der Waals surface area contributed by atoms with Gasteiger partial charge in [0.1, 0.15) is 5.75 Å². The van der Waals surface area contributed by atoms with E-state index < -0.39 is 0 Å². The summed E-state index contributed by atoms with van der Waals surface area (Å²) in [5.74, 6) is 0.914. The van der Waals surface area contributed by atoms with Crippen LogP contribution in [0.5, 0.6) is 5.75 Å². The minimum absolute atomic E-state index is 0.0963. The summed E-state index contributed by atoms with van der Waals surface area (Å²) < 4.78 is 5.44. The first-order valence-electron chi connectivity index (χ1n) is 4.53. The van der Waals surface area contributed by atoms with Crippen molar-refractivity contribution in [1.29, 1.82) is 0 Å². The molecule has 0 unspecified atom stereocenters. The Labute approximate surface area is 79.2 Å². The van der Waals surface area contributed by atoms with Gasteiger partial charge in [-0.1, -0.05) is 6.07 Å². The second-order valence-electron chi connectivity index (χ2n) is 3.06. The number of rotatable bonds is 3. The Bertz CT molecular complexity index is 292. The largest absolute Gasteiger partial charge is 0.494 e. The molecule has 0 heterocycles. The van der Waals surface area contributed by atoms with E-state index in [1.54, 1.807) is 0 Å². The molecule has 72 valence electrons. The Hall–Kier alpha value is -1.02. The monoisotopic (exact) mass is 180 g/mol. The summed E-state index contributed by atoms with van der Waals surface area (Å²) >= 11 is 0. The Morgan fingerprint density at radius 1 is 1.23 bits per heavy atom. The number of hydrogen-bond acceptors (Lipinski definition) is 2. The van der Waals surface area contributed by atoms with Crippen molar-refractivity contribution in [1.82, 2.24) is 0 Å². The fraction of sp³-hybridized carbons (Fsp3) is 0.455. The maximum atomic E-state index is 9.02. The van der Waals surface area contributed by atoms with E-state index in [4.69, 9.17) is 9.84 Å². The van der Waals surface area contributed by atoms with Crippen molar-refractivity contribution in [3.63, 3.8) is 0 Å². The third-order valence-corrected chi connectivity index (χ3v) is 2.32. The van der Waals surface area contributed by atoms with Crippen LogP contribution in [0.1, 0.15) is 23.6 Å². The molecular weight excluding hydrogens is 164 g/mol. The van der Waals surface area contributed by atoms with E-state index in [1.807, 2.05) is 32.9 Å². The molecule has 0 saturated carbocycles. The third-order valence-electron chi connectivity index (χ3n) is 2.32. The molecule has 2 heteroatoms. The van der Waals surface area contributed by atoms with Gasteiger partial charge in [-0.15, -0.1) is 0 Å². The number of benzene rings is 1. The van der Waals surface area contributed by atoms with Crippen molar-refractivity contribution in [2.45, 2.75) is 27.4 Å². The molecule has 1 rings (SSSR count). The Morgan fingerprint density at radius 3 is 2.46 bits per heavy atom. The van der Waals surface area contributed by atoms with Crippen molar-refractivity contribution in [3.8, 4) is 5.75 Å². The summed E-state index contributed by atoms with van der Waals surface area (Å²) in [7, 11) is 0. The number of ether oxygens (including phenoxy) is 1. The highest BCUT2D eigenvalue weighted by Gasteiger charge is 2.05. The van der Waals surface area contributed by atoms with Crippen molar-refractivity contribution in [2.75, 3.05) is 6.61 Å². The third kappa shape index (κ3) is 2.01. The van der Waals surface area contributed by atoms with E-state index in [0.29, 0.717) is 6.61 Å². The molecule has 0 spiro atoms. The average molecular weight is 180 g/mol. The molecule has 0 aliphatic rings. The lowest BCUT2D eigenvalue weighted by atomic mass is 10.0. The Morgan fingerprint density at radius 2 is 1.92 bits per heavy atom. The summed E-state index contributed by atoms with van der Waals surface area (Å²) in [4.78, 5) is 0. The van der Waals surface area contributed by atoms with Crippen LogP contribution in [0.2, 0.25) is 0 Å². The highest BCUT2D eigenvalue weighted by Crippen LogP contribution is 2.24. The van der Waals surface area contributed by atoms with Crippen molar-refractivity contribution >= 4 is 0 Å². The quantitative estimate of drug-likeness (QED) is 0.772. The van der Waals surface area contributed by atoms with Crippen LogP contribution in [-0.4, -0.2) is 11.7 Å². The van der Waals surface area contributed by atoms with E-state index in [1.165, 1.54) is 0 Å². The Balaban J connectivity index is 3.07. The first-order valence-corrected chi connectivity index (χ1v) is 4.53. The topological polar surface area (TPSA) is 29.5 Å². The molecule has 0 aliphatic heterocycles. The van der Waals surface area contributed by atoms with Crippen molar-refractivity contribution < 1.29 is 9.84 Å². The van der Waals surface area contributed by atoms with Gasteiger partial charge in [0.2, 0.25) is 0 Å². The van der Waals surface area contributed by atoms with Crippen molar-refractivity contribution in [3.05, 3.63) is 28.8 Å². The molecule has 0 saturated heterocycles. The Kier molecular flexibility index (Phi) is 3.32. The zero-order chi connectivity index (χ0) is 9.84. The van der Waals surface area contributed by atoms with Gasteiger partial charge in [-0.25, -0.2) is 0 Å². The van der Waals surface area contributed by atoms with Gasteiger partial charge >= 0.3 is 0 Å². The maximum absolute atomic E-state index is 9.02. The molecule has 0 aliphatic carbocycles. The first kappa shape index (κ1) is 10.1. The van der Waals surface area contributed by atoms with Crippen molar-refractivity contribution in [2.24, 2.45) is 0 Å². The van der Waals surface area contributed by atoms with Gasteiger partial charge < -0.3 is 9.84 Å². The summed E-state index contributed by atoms with van der Waals surface area (Å²) in [6.07, 6.45) is 0.